The lowest BCUT2D eigenvalue weighted by Crippen LogP contribution is -2.59. The van der Waals surface area contributed by atoms with Crippen LogP contribution in [0.2, 0.25) is 0 Å². The van der Waals surface area contributed by atoms with Crippen LogP contribution >= 0.6 is 11.3 Å². The minimum Gasteiger partial charge on any atom is -0.455 e. The van der Waals surface area contributed by atoms with Crippen LogP contribution in [-0.4, -0.2) is 91.8 Å². The lowest BCUT2D eigenvalue weighted by atomic mass is 9.91. The molecule has 2 aromatic heterocycles. The molecule has 1 saturated heterocycles. The molecular formula is C38H50F5N7O6S. The number of hydrogen-bond donors (Lipinski definition) is 1. The molecule has 5 atom stereocenters. The van der Waals surface area contributed by atoms with Gasteiger partial charge >= 0.3 is 11.9 Å². The fourth-order valence-corrected chi connectivity index (χ4v) is 7.61. The van der Waals surface area contributed by atoms with Gasteiger partial charge in [0.2, 0.25) is 46.6 Å². The van der Waals surface area contributed by atoms with Gasteiger partial charge in [-0.05, 0) is 57.5 Å². The SMILES string of the molecule is CCC(C)C(NC(=O)[C@H]1CCCCN1C)C(=O)N(CCCCc1cn(C)nn1)C(CC(OC(C)=O)c1nc(C(=O)Oc2c(F)c(F)c(F)c(F)c2F)cs1)C(C)C. The van der Waals surface area contributed by atoms with Crippen molar-refractivity contribution in [3.05, 3.63) is 57.1 Å². The van der Waals surface area contributed by atoms with E-state index in [1.165, 1.54) is 0 Å². The lowest BCUT2D eigenvalue weighted by Gasteiger charge is -2.40. The number of hydrogen-bond acceptors (Lipinski definition) is 11. The highest BCUT2D eigenvalue weighted by Gasteiger charge is 2.39. The Morgan fingerprint density at radius 2 is 1.67 bits per heavy atom. The molecule has 1 aliphatic heterocycles. The van der Waals surface area contributed by atoms with E-state index >= 15 is 0 Å². The zero-order valence-corrected chi connectivity index (χ0v) is 33.9. The van der Waals surface area contributed by atoms with Gasteiger partial charge in [0.25, 0.3) is 0 Å². The fraction of sp³-hybridized carbons (Fsp3) is 0.605. The number of carbonyl (C=O) groups excluding carboxylic acids is 4. The largest absolute Gasteiger partial charge is 0.455 e. The summed E-state index contributed by atoms with van der Waals surface area (Å²) in [5.41, 5.74) is 0.228. The first-order valence-corrected chi connectivity index (χ1v) is 19.8. The van der Waals surface area contributed by atoms with Gasteiger partial charge in [-0.1, -0.05) is 45.7 Å². The number of nitrogens with one attached hydrogen (secondary N) is 1. The van der Waals surface area contributed by atoms with Gasteiger partial charge in [-0.25, -0.2) is 22.9 Å². The number of thiazole rings is 1. The minimum absolute atomic E-state index is 0.0146. The number of unbranched alkanes of at least 4 members (excludes halogenated alkanes) is 1. The fourth-order valence-electron chi connectivity index (χ4n) is 6.78. The van der Waals surface area contributed by atoms with Crippen molar-refractivity contribution in [2.75, 3.05) is 20.1 Å². The number of nitrogens with zero attached hydrogens (tertiary/aromatic N) is 6. The van der Waals surface area contributed by atoms with Crippen LogP contribution in [0, 0.1) is 40.9 Å². The van der Waals surface area contributed by atoms with Crippen molar-refractivity contribution in [3.8, 4) is 5.75 Å². The summed E-state index contributed by atoms with van der Waals surface area (Å²) < 4.78 is 81.5. The Balaban J connectivity index is 1.65. The molecule has 0 spiro atoms. The van der Waals surface area contributed by atoms with E-state index in [1.807, 2.05) is 45.8 Å². The minimum atomic E-state index is -2.42. The van der Waals surface area contributed by atoms with Gasteiger partial charge in [0.15, 0.2) is 11.8 Å². The van der Waals surface area contributed by atoms with Crippen LogP contribution in [0.1, 0.15) is 107 Å². The maximum absolute atomic E-state index is 14.8. The van der Waals surface area contributed by atoms with Crippen molar-refractivity contribution in [3.63, 3.8) is 0 Å². The quantitative estimate of drug-likeness (QED) is 0.0400. The lowest BCUT2D eigenvalue weighted by molar-refractivity contribution is -0.149. The molecule has 19 heteroatoms. The molecule has 0 radical (unpaired) electrons. The van der Waals surface area contributed by atoms with E-state index in [9.17, 15) is 41.1 Å². The molecule has 1 aliphatic rings. The van der Waals surface area contributed by atoms with Gasteiger partial charge in [-0.2, -0.15) is 8.78 Å². The van der Waals surface area contributed by atoms with Gasteiger partial charge in [-0.15, -0.1) is 16.4 Å². The Morgan fingerprint density at radius 3 is 2.25 bits per heavy atom. The highest BCUT2D eigenvalue weighted by atomic mass is 32.1. The molecule has 1 N–H and O–H groups in total. The number of likely N-dealkylation sites (N-methyl/N-ethyl adjacent to an activating group) is 1. The average Bonchev–Trinajstić information content (AvgIpc) is 3.84. The number of rotatable bonds is 18. The number of aryl methyl sites for hydroxylation is 2. The number of halogens is 5. The van der Waals surface area contributed by atoms with E-state index in [0.29, 0.717) is 32.1 Å². The smallest absolute Gasteiger partial charge is 0.363 e. The topological polar surface area (TPSA) is 149 Å². The van der Waals surface area contributed by atoms with Crippen LogP contribution < -0.4 is 10.1 Å². The van der Waals surface area contributed by atoms with Gasteiger partial charge in [-0.3, -0.25) is 24.0 Å². The van der Waals surface area contributed by atoms with Crippen molar-refractivity contribution in [2.24, 2.45) is 18.9 Å². The summed E-state index contributed by atoms with van der Waals surface area (Å²) in [5, 5.41) is 12.4. The summed E-state index contributed by atoms with van der Waals surface area (Å²) in [4.78, 5) is 61.7. The molecule has 0 bridgehead atoms. The Kier molecular flexibility index (Phi) is 16.1. The third-order valence-electron chi connectivity index (χ3n) is 10.2. The average molecular weight is 828 g/mol. The number of aromatic nitrogens is 4. The maximum atomic E-state index is 14.8. The number of likely N-dealkylation sites (tertiary alicyclic amines) is 1. The molecule has 0 aliphatic carbocycles. The highest BCUT2D eigenvalue weighted by Crippen LogP contribution is 2.33. The standard InChI is InChI=1S/C38H50F5N7O6S/c1-8-21(4)33(45-35(52)25-14-10-11-15-48(25)6)37(53)50(16-12-9-13-23-18-49(7)47-46-23)26(20(2)3)17-27(55-22(5)51)36-44-24(19-57-36)38(54)56-34-31(42)29(40)28(39)30(41)32(34)43/h18-21,25-27,33H,8-17H2,1-7H3,(H,45,52)/t21?,25-,26?,27?,33?/m1/s1. The number of piperidine rings is 1. The first kappa shape index (κ1) is 45.2. The molecular weight excluding hydrogens is 778 g/mol. The van der Waals surface area contributed by atoms with E-state index < -0.39 is 70.7 Å². The van der Waals surface area contributed by atoms with Crippen LogP contribution in [0.15, 0.2) is 11.6 Å². The van der Waals surface area contributed by atoms with E-state index in [-0.39, 0.29) is 47.7 Å². The molecule has 4 unspecified atom stereocenters. The number of carbonyl (C=O) groups is 4. The van der Waals surface area contributed by atoms with Crippen LogP contribution in [0.5, 0.6) is 5.75 Å². The van der Waals surface area contributed by atoms with Gasteiger partial charge < -0.3 is 19.7 Å². The summed E-state index contributed by atoms with van der Waals surface area (Å²) >= 11 is 0.825. The number of ether oxygens (including phenoxy) is 2. The molecule has 3 heterocycles. The molecule has 314 valence electrons. The third kappa shape index (κ3) is 11.3. The zero-order chi connectivity index (χ0) is 42.1. The van der Waals surface area contributed by atoms with E-state index in [0.717, 1.165) is 48.7 Å². The zero-order valence-electron chi connectivity index (χ0n) is 33.1. The predicted octanol–water partition coefficient (Wildman–Crippen LogP) is 6.07. The number of amides is 2. The molecule has 0 saturated carbocycles. The molecule has 2 amide bonds. The van der Waals surface area contributed by atoms with Crippen LogP contribution in [-0.2, 0) is 32.6 Å². The summed E-state index contributed by atoms with van der Waals surface area (Å²) in [7, 11) is 3.65. The number of esters is 2. The van der Waals surface area contributed by atoms with Gasteiger partial charge in [0, 0.05) is 44.6 Å². The second kappa shape index (κ2) is 20.3. The Morgan fingerprint density at radius 1 is 1.00 bits per heavy atom. The monoisotopic (exact) mass is 827 g/mol. The predicted molar refractivity (Wildman–Crippen MR) is 198 cm³/mol. The maximum Gasteiger partial charge on any atom is 0.363 e. The summed E-state index contributed by atoms with van der Waals surface area (Å²) in [6.07, 6.45) is 5.55. The second-order valence-electron chi connectivity index (χ2n) is 14.7. The highest BCUT2D eigenvalue weighted by molar-refractivity contribution is 7.09. The van der Waals surface area contributed by atoms with Gasteiger partial charge in [0.05, 0.1) is 11.7 Å². The Labute approximate surface area is 332 Å². The van der Waals surface area contributed by atoms with Crippen LogP contribution in [0.4, 0.5) is 22.0 Å². The van der Waals surface area contributed by atoms with Crippen molar-refractivity contribution in [2.45, 2.75) is 110 Å². The molecule has 1 fully saturated rings. The summed E-state index contributed by atoms with van der Waals surface area (Å²) in [5.74, 6) is -16.8. The van der Waals surface area contributed by atoms with Crippen molar-refractivity contribution in [1.29, 1.82) is 0 Å². The summed E-state index contributed by atoms with van der Waals surface area (Å²) in [6.45, 7) is 9.79. The first-order chi connectivity index (χ1) is 26.9. The molecule has 1 aromatic carbocycles. The Hall–Kier alpha value is -4.52. The van der Waals surface area contributed by atoms with E-state index in [1.54, 1.807) is 16.6 Å². The Bertz CT molecular complexity index is 1860. The van der Waals surface area contributed by atoms with Gasteiger partial charge in [0.1, 0.15) is 11.0 Å². The van der Waals surface area contributed by atoms with E-state index in [2.05, 4.69) is 25.3 Å². The number of benzene rings is 1. The van der Waals surface area contributed by atoms with Crippen molar-refractivity contribution < 1.29 is 50.6 Å². The van der Waals surface area contributed by atoms with E-state index in [4.69, 9.17) is 4.74 Å². The van der Waals surface area contributed by atoms with Crippen LogP contribution in [0.3, 0.4) is 0 Å². The van der Waals surface area contributed by atoms with Crippen LogP contribution in [0.25, 0.3) is 0 Å². The molecule has 4 rings (SSSR count). The molecule has 57 heavy (non-hydrogen) atoms. The molecule has 3 aromatic rings. The normalized spacial score (nSPS) is 16.8. The van der Waals surface area contributed by atoms with Crippen molar-refractivity contribution in [1.82, 2.24) is 35.1 Å². The third-order valence-corrected chi connectivity index (χ3v) is 11.1. The summed E-state index contributed by atoms with van der Waals surface area (Å²) in [6, 6.07) is -1.88. The van der Waals surface area contributed by atoms with Crippen molar-refractivity contribution >= 4 is 35.1 Å². The molecule has 13 nitrogen and oxygen atoms in total. The first-order valence-electron chi connectivity index (χ1n) is 19.0. The second-order valence-corrected chi connectivity index (χ2v) is 15.6.